The number of hydrogen-bond acceptors (Lipinski definition) is 3. The van der Waals surface area contributed by atoms with Crippen molar-refractivity contribution in [2.24, 2.45) is 5.41 Å². The number of rotatable bonds is 6. The van der Waals surface area contributed by atoms with E-state index >= 15 is 0 Å². The summed E-state index contributed by atoms with van der Waals surface area (Å²) in [7, 11) is 0. The summed E-state index contributed by atoms with van der Waals surface area (Å²) in [6.07, 6.45) is 7.77. The van der Waals surface area contributed by atoms with E-state index in [0.717, 1.165) is 19.4 Å². The number of carbonyl (C=O) groups is 2. The van der Waals surface area contributed by atoms with Crippen LogP contribution in [-0.2, 0) is 9.59 Å². The third-order valence-corrected chi connectivity index (χ3v) is 5.19. The first-order valence-electron chi connectivity index (χ1n) is 8.31. The molecule has 2 fully saturated rings. The van der Waals surface area contributed by atoms with Crippen LogP contribution >= 0.6 is 0 Å². The molecule has 0 aromatic rings. The van der Waals surface area contributed by atoms with Gasteiger partial charge in [0.05, 0.1) is 5.41 Å². The maximum atomic E-state index is 12.0. The molecule has 0 aromatic heterocycles. The Hall–Kier alpha value is -1.10. The number of nitrogens with zero attached hydrogens (tertiary/aromatic N) is 1. The van der Waals surface area contributed by atoms with Gasteiger partial charge in [-0.15, -0.1) is 0 Å². The number of carbonyl (C=O) groups excluding carboxylic acids is 1. The molecule has 2 aliphatic rings. The van der Waals surface area contributed by atoms with Crippen molar-refractivity contribution in [2.75, 3.05) is 19.6 Å². The zero-order chi connectivity index (χ0) is 15.3. The Morgan fingerprint density at radius 2 is 2.00 bits per heavy atom. The first-order chi connectivity index (χ1) is 10.1. The van der Waals surface area contributed by atoms with E-state index in [1.807, 2.05) is 6.92 Å². The van der Waals surface area contributed by atoms with Crippen molar-refractivity contribution in [2.45, 2.75) is 64.3 Å². The summed E-state index contributed by atoms with van der Waals surface area (Å²) < 4.78 is 0. The van der Waals surface area contributed by atoms with Crippen molar-refractivity contribution >= 4 is 11.9 Å². The Morgan fingerprint density at radius 1 is 1.29 bits per heavy atom. The van der Waals surface area contributed by atoms with Crippen LogP contribution in [0.5, 0.6) is 0 Å². The monoisotopic (exact) mass is 296 g/mol. The molecular weight excluding hydrogens is 268 g/mol. The first-order valence-corrected chi connectivity index (χ1v) is 8.31. The summed E-state index contributed by atoms with van der Waals surface area (Å²) in [5.41, 5.74) is -0.597. The van der Waals surface area contributed by atoms with Gasteiger partial charge in [0.15, 0.2) is 0 Å². The van der Waals surface area contributed by atoms with Crippen molar-refractivity contribution in [1.29, 1.82) is 0 Å². The normalized spacial score (nSPS) is 27.7. The summed E-state index contributed by atoms with van der Waals surface area (Å²) in [6.45, 7) is 3.98. The van der Waals surface area contributed by atoms with E-state index in [-0.39, 0.29) is 5.91 Å². The van der Waals surface area contributed by atoms with Gasteiger partial charge in [0, 0.05) is 25.6 Å². The molecule has 1 atom stereocenters. The second-order valence-corrected chi connectivity index (χ2v) is 6.62. The van der Waals surface area contributed by atoms with Crippen LogP contribution in [-0.4, -0.2) is 47.6 Å². The van der Waals surface area contributed by atoms with Gasteiger partial charge in [0.2, 0.25) is 5.91 Å². The van der Waals surface area contributed by atoms with Gasteiger partial charge in [-0.3, -0.25) is 9.59 Å². The van der Waals surface area contributed by atoms with E-state index in [4.69, 9.17) is 0 Å². The lowest BCUT2D eigenvalue weighted by molar-refractivity contribution is -0.148. The van der Waals surface area contributed by atoms with E-state index in [1.54, 1.807) is 0 Å². The molecule has 0 aromatic carbocycles. The van der Waals surface area contributed by atoms with E-state index < -0.39 is 11.4 Å². The van der Waals surface area contributed by atoms with Gasteiger partial charge in [-0.25, -0.2) is 0 Å². The minimum absolute atomic E-state index is 0.117. The third-order valence-electron chi connectivity index (χ3n) is 5.19. The predicted molar refractivity (Wildman–Crippen MR) is 81.0 cm³/mol. The SMILES string of the molecule is CCC1(C(=O)O)CCN(CCC(=O)NC2CCCCC2)C1. The molecule has 2 rings (SSSR count). The van der Waals surface area contributed by atoms with Crippen molar-refractivity contribution in [3.8, 4) is 0 Å². The minimum Gasteiger partial charge on any atom is -0.481 e. The molecule has 120 valence electrons. The van der Waals surface area contributed by atoms with Crippen LogP contribution in [0.3, 0.4) is 0 Å². The molecule has 5 nitrogen and oxygen atoms in total. The average molecular weight is 296 g/mol. The molecule has 0 spiro atoms. The molecule has 1 saturated heterocycles. The fourth-order valence-corrected chi connectivity index (χ4v) is 3.57. The maximum Gasteiger partial charge on any atom is 0.310 e. The Balaban J connectivity index is 1.71. The lowest BCUT2D eigenvalue weighted by atomic mass is 9.84. The van der Waals surface area contributed by atoms with Crippen molar-refractivity contribution in [3.63, 3.8) is 0 Å². The molecule has 1 heterocycles. The molecule has 0 radical (unpaired) electrons. The highest BCUT2D eigenvalue weighted by atomic mass is 16.4. The Kier molecular flexibility index (Phi) is 5.62. The molecule has 1 aliphatic carbocycles. The molecule has 1 unspecified atom stereocenters. The number of nitrogens with one attached hydrogen (secondary N) is 1. The van der Waals surface area contributed by atoms with Crippen molar-refractivity contribution < 1.29 is 14.7 Å². The lowest BCUT2D eigenvalue weighted by Gasteiger charge is -2.24. The van der Waals surface area contributed by atoms with Gasteiger partial charge in [-0.05, 0) is 32.2 Å². The highest BCUT2D eigenvalue weighted by Gasteiger charge is 2.43. The molecule has 0 bridgehead atoms. The number of carboxylic acid groups (broad SMARTS) is 1. The van der Waals surface area contributed by atoms with E-state index in [2.05, 4.69) is 10.2 Å². The van der Waals surface area contributed by atoms with Crippen molar-refractivity contribution in [1.82, 2.24) is 10.2 Å². The van der Waals surface area contributed by atoms with E-state index in [9.17, 15) is 14.7 Å². The smallest absolute Gasteiger partial charge is 0.310 e. The minimum atomic E-state index is -0.695. The standard InChI is InChI=1S/C16H28N2O3/c1-2-16(15(20)21)9-11-18(12-16)10-8-14(19)17-13-6-4-3-5-7-13/h13H,2-12H2,1H3,(H,17,19)(H,20,21). The zero-order valence-corrected chi connectivity index (χ0v) is 13.1. The van der Waals surface area contributed by atoms with Crippen LogP contribution < -0.4 is 5.32 Å². The van der Waals surface area contributed by atoms with Crippen LogP contribution in [0.4, 0.5) is 0 Å². The van der Waals surface area contributed by atoms with Crippen LogP contribution in [0, 0.1) is 5.41 Å². The summed E-state index contributed by atoms with van der Waals surface area (Å²) in [5, 5.41) is 12.5. The van der Waals surface area contributed by atoms with Gasteiger partial charge in [-0.2, -0.15) is 0 Å². The first kappa shape index (κ1) is 16.3. The maximum absolute atomic E-state index is 12.0. The summed E-state index contributed by atoms with van der Waals surface area (Å²) in [6, 6.07) is 0.360. The molecule has 1 saturated carbocycles. The second kappa shape index (κ2) is 7.25. The number of carboxylic acids is 1. The quantitative estimate of drug-likeness (QED) is 0.786. The fourth-order valence-electron chi connectivity index (χ4n) is 3.57. The number of amides is 1. The molecule has 1 aliphatic heterocycles. The lowest BCUT2D eigenvalue weighted by Crippen LogP contribution is -2.39. The van der Waals surface area contributed by atoms with Crippen LogP contribution in [0.15, 0.2) is 0 Å². The van der Waals surface area contributed by atoms with Crippen LogP contribution in [0.2, 0.25) is 0 Å². The Labute approximate surface area is 127 Å². The zero-order valence-electron chi connectivity index (χ0n) is 13.1. The summed E-state index contributed by atoms with van der Waals surface area (Å²) in [4.78, 5) is 25.5. The van der Waals surface area contributed by atoms with Gasteiger partial charge in [0.1, 0.15) is 0 Å². The predicted octanol–water partition coefficient (Wildman–Crippen LogP) is 2.01. The largest absolute Gasteiger partial charge is 0.481 e. The van der Waals surface area contributed by atoms with Gasteiger partial charge in [-0.1, -0.05) is 26.2 Å². The molecule has 1 amide bonds. The molecular formula is C16H28N2O3. The molecule has 5 heteroatoms. The summed E-state index contributed by atoms with van der Waals surface area (Å²) >= 11 is 0. The van der Waals surface area contributed by atoms with Gasteiger partial charge in [0.25, 0.3) is 0 Å². The third kappa shape index (κ3) is 4.19. The highest BCUT2D eigenvalue weighted by molar-refractivity contribution is 5.77. The van der Waals surface area contributed by atoms with Crippen molar-refractivity contribution in [3.05, 3.63) is 0 Å². The van der Waals surface area contributed by atoms with Gasteiger partial charge < -0.3 is 15.3 Å². The number of hydrogen-bond donors (Lipinski definition) is 2. The number of likely N-dealkylation sites (tertiary alicyclic amines) is 1. The average Bonchev–Trinajstić information content (AvgIpc) is 2.91. The van der Waals surface area contributed by atoms with Crippen LogP contribution in [0.1, 0.15) is 58.3 Å². The van der Waals surface area contributed by atoms with Crippen LogP contribution in [0.25, 0.3) is 0 Å². The van der Waals surface area contributed by atoms with E-state index in [0.29, 0.717) is 38.4 Å². The van der Waals surface area contributed by atoms with E-state index in [1.165, 1.54) is 19.3 Å². The van der Waals surface area contributed by atoms with Gasteiger partial charge >= 0.3 is 5.97 Å². The second-order valence-electron chi connectivity index (χ2n) is 6.62. The molecule has 2 N–H and O–H groups in total. The topological polar surface area (TPSA) is 69.6 Å². The number of aliphatic carboxylic acids is 1. The molecule has 21 heavy (non-hydrogen) atoms. The summed E-state index contributed by atoms with van der Waals surface area (Å²) in [5.74, 6) is -0.578. The fraction of sp³-hybridized carbons (Fsp3) is 0.875. The Morgan fingerprint density at radius 3 is 2.57 bits per heavy atom. The Bertz CT molecular complexity index is 380. The highest BCUT2D eigenvalue weighted by Crippen LogP contribution is 2.34.